The number of benzene rings is 1. The van der Waals surface area contributed by atoms with Gasteiger partial charge in [-0.1, -0.05) is 22.0 Å². The van der Waals surface area contributed by atoms with Crippen molar-refractivity contribution in [1.29, 1.82) is 0 Å². The topological polar surface area (TPSA) is 45.2 Å². The third kappa shape index (κ3) is 3.81. The van der Waals surface area contributed by atoms with Crippen molar-refractivity contribution in [2.45, 2.75) is 13.5 Å². The number of rotatable bonds is 3. The molecule has 0 fully saturated rings. The number of urea groups is 1. The highest BCUT2D eigenvalue weighted by Crippen LogP contribution is 2.20. The molecule has 5 heteroatoms. The van der Waals surface area contributed by atoms with E-state index in [0.29, 0.717) is 6.54 Å². The van der Waals surface area contributed by atoms with Crippen molar-refractivity contribution in [1.82, 2.24) is 9.88 Å². The fraction of sp³-hybridized carbons (Fsp3) is 0.200. The quantitative estimate of drug-likeness (QED) is 0.928. The molecule has 4 nitrogen and oxygen atoms in total. The Morgan fingerprint density at radius 2 is 2.15 bits per heavy atom. The van der Waals surface area contributed by atoms with E-state index >= 15 is 0 Å². The predicted octanol–water partition coefficient (Wildman–Crippen LogP) is 3.82. The Morgan fingerprint density at radius 3 is 2.80 bits per heavy atom. The van der Waals surface area contributed by atoms with Gasteiger partial charge in [0.05, 0.1) is 12.2 Å². The Morgan fingerprint density at radius 1 is 1.35 bits per heavy atom. The number of pyridine rings is 1. The van der Waals surface area contributed by atoms with Crippen molar-refractivity contribution < 1.29 is 4.79 Å². The molecule has 1 aromatic carbocycles. The number of hydrogen-bond donors (Lipinski definition) is 1. The second-order valence-electron chi connectivity index (χ2n) is 4.57. The number of aromatic nitrogens is 1. The first-order valence-electron chi connectivity index (χ1n) is 6.24. The fourth-order valence-corrected chi connectivity index (χ4v) is 1.99. The normalized spacial score (nSPS) is 10.2. The van der Waals surface area contributed by atoms with Crippen molar-refractivity contribution in [3.63, 3.8) is 0 Å². The Labute approximate surface area is 127 Å². The number of nitrogens with zero attached hydrogens (tertiary/aromatic N) is 2. The van der Waals surface area contributed by atoms with E-state index in [0.717, 1.165) is 21.4 Å². The molecule has 20 heavy (non-hydrogen) atoms. The molecule has 0 unspecified atom stereocenters. The van der Waals surface area contributed by atoms with Crippen LogP contribution in [-0.2, 0) is 6.54 Å². The van der Waals surface area contributed by atoms with E-state index in [2.05, 4.69) is 26.2 Å². The summed E-state index contributed by atoms with van der Waals surface area (Å²) < 4.78 is 1.03. The van der Waals surface area contributed by atoms with E-state index < -0.39 is 0 Å². The van der Waals surface area contributed by atoms with Gasteiger partial charge in [0, 0.05) is 23.4 Å². The molecule has 0 atom stereocenters. The Hall–Kier alpha value is -1.88. The summed E-state index contributed by atoms with van der Waals surface area (Å²) in [5.74, 6) is 0. The molecule has 2 amide bonds. The van der Waals surface area contributed by atoms with Crippen molar-refractivity contribution in [3.05, 3.63) is 58.3 Å². The largest absolute Gasteiger partial charge is 0.322 e. The smallest absolute Gasteiger partial charge is 0.321 e. The SMILES string of the molecule is Cc1cc(NC(=O)N(C)Cc2ccccn2)ccc1Br. The average Bonchev–Trinajstić information content (AvgIpc) is 2.44. The number of hydrogen-bond acceptors (Lipinski definition) is 2. The van der Waals surface area contributed by atoms with Crippen LogP contribution in [0.3, 0.4) is 0 Å². The zero-order valence-electron chi connectivity index (χ0n) is 11.4. The maximum Gasteiger partial charge on any atom is 0.321 e. The third-order valence-corrected chi connectivity index (χ3v) is 3.77. The number of carbonyl (C=O) groups excluding carboxylic acids is 1. The zero-order chi connectivity index (χ0) is 14.5. The summed E-state index contributed by atoms with van der Waals surface area (Å²) in [7, 11) is 1.75. The summed E-state index contributed by atoms with van der Waals surface area (Å²) in [4.78, 5) is 17.9. The maximum atomic E-state index is 12.1. The van der Waals surface area contributed by atoms with Crippen molar-refractivity contribution >= 4 is 27.6 Å². The Kier molecular flexibility index (Phi) is 4.74. The minimum Gasteiger partial charge on any atom is -0.322 e. The Bertz CT molecular complexity index is 601. The number of carbonyl (C=O) groups is 1. The van der Waals surface area contributed by atoms with Gasteiger partial charge in [-0.15, -0.1) is 0 Å². The summed E-state index contributed by atoms with van der Waals surface area (Å²) in [6.45, 7) is 2.46. The van der Waals surface area contributed by atoms with Crippen molar-refractivity contribution in [2.75, 3.05) is 12.4 Å². The van der Waals surface area contributed by atoms with Gasteiger partial charge in [-0.25, -0.2) is 4.79 Å². The molecular weight excluding hydrogens is 318 g/mol. The first-order chi connectivity index (χ1) is 9.56. The van der Waals surface area contributed by atoms with Crippen LogP contribution in [0.25, 0.3) is 0 Å². The zero-order valence-corrected chi connectivity index (χ0v) is 13.0. The third-order valence-electron chi connectivity index (χ3n) is 2.88. The highest BCUT2D eigenvalue weighted by atomic mass is 79.9. The fourth-order valence-electron chi connectivity index (χ4n) is 1.75. The van der Waals surface area contributed by atoms with Crippen LogP contribution < -0.4 is 5.32 Å². The van der Waals surface area contributed by atoms with Gasteiger partial charge in [0.2, 0.25) is 0 Å². The number of aryl methyl sites for hydroxylation is 1. The first kappa shape index (κ1) is 14.5. The minimum absolute atomic E-state index is 0.155. The molecular formula is C15H16BrN3O. The molecule has 0 radical (unpaired) electrons. The molecule has 0 bridgehead atoms. The van der Waals surface area contributed by atoms with Crippen LogP contribution in [0, 0.1) is 6.92 Å². The van der Waals surface area contributed by atoms with Crippen molar-refractivity contribution in [3.8, 4) is 0 Å². The number of amides is 2. The summed E-state index contributed by atoms with van der Waals surface area (Å²) in [6.07, 6.45) is 1.72. The highest BCUT2D eigenvalue weighted by Gasteiger charge is 2.10. The van der Waals surface area contributed by atoms with Gasteiger partial charge in [-0.3, -0.25) is 4.98 Å². The van der Waals surface area contributed by atoms with Crippen LogP contribution >= 0.6 is 15.9 Å². The molecule has 1 N–H and O–H groups in total. The lowest BCUT2D eigenvalue weighted by Gasteiger charge is -2.17. The van der Waals surface area contributed by atoms with Gasteiger partial charge in [0.25, 0.3) is 0 Å². The standard InChI is InChI=1S/C15H16BrN3O/c1-11-9-12(6-7-14(11)16)18-15(20)19(2)10-13-5-3-4-8-17-13/h3-9H,10H2,1-2H3,(H,18,20). The summed E-state index contributed by atoms with van der Waals surface area (Å²) >= 11 is 3.44. The predicted molar refractivity (Wildman–Crippen MR) is 83.6 cm³/mol. The van der Waals surface area contributed by atoms with E-state index in [4.69, 9.17) is 0 Å². The molecule has 1 heterocycles. The van der Waals surface area contributed by atoms with E-state index in [9.17, 15) is 4.79 Å². The molecule has 0 spiro atoms. The molecule has 0 saturated carbocycles. The van der Waals surface area contributed by atoms with Crippen LogP contribution in [0.4, 0.5) is 10.5 Å². The lowest BCUT2D eigenvalue weighted by atomic mass is 10.2. The second kappa shape index (κ2) is 6.52. The number of nitrogens with one attached hydrogen (secondary N) is 1. The first-order valence-corrected chi connectivity index (χ1v) is 7.04. The molecule has 2 aromatic rings. The van der Waals surface area contributed by atoms with Crippen LogP contribution in [0.1, 0.15) is 11.3 Å². The Balaban J connectivity index is 1.99. The second-order valence-corrected chi connectivity index (χ2v) is 5.43. The van der Waals surface area contributed by atoms with Crippen LogP contribution in [-0.4, -0.2) is 23.0 Å². The monoisotopic (exact) mass is 333 g/mol. The highest BCUT2D eigenvalue weighted by molar-refractivity contribution is 9.10. The molecule has 0 aliphatic carbocycles. The van der Waals surface area contributed by atoms with Gasteiger partial charge in [-0.05, 0) is 42.8 Å². The minimum atomic E-state index is -0.155. The summed E-state index contributed by atoms with van der Waals surface area (Å²) in [6, 6.07) is 11.2. The van der Waals surface area contributed by atoms with Gasteiger partial charge in [0.15, 0.2) is 0 Å². The number of anilines is 1. The molecule has 0 aliphatic heterocycles. The lowest BCUT2D eigenvalue weighted by Crippen LogP contribution is -2.31. The van der Waals surface area contributed by atoms with Gasteiger partial charge in [0.1, 0.15) is 0 Å². The van der Waals surface area contributed by atoms with E-state index in [1.165, 1.54) is 0 Å². The molecule has 2 rings (SSSR count). The van der Waals surface area contributed by atoms with E-state index in [1.807, 2.05) is 43.3 Å². The van der Waals surface area contributed by atoms with Crippen LogP contribution in [0.15, 0.2) is 47.1 Å². The van der Waals surface area contributed by atoms with E-state index in [-0.39, 0.29) is 6.03 Å². The molecule has 0 saturated heterocycles. The molecule has 104 valence electrons. The van der Waals surface area contributed by atoms with Gasteiger partial charge >= 0.3 is 6.03 Å². The summed E-state index contributed by atoms with van der Waals surface area (Å²) in [5.41, 5.74) is 2.72. The van der Waals surface area contributed by atoms with Gasteiger partial charge < -0.3 is 10.2 Å². The lowest BCUT2D eigenvalue weighted by molar-refractivity contribution is 0.220. The van der Waals surface area contributed by atoms with Gasteiger partial charge in [-0.2, -0.15) is 0 Å². The number of halogens is 1. The van der Waals surface area contributed by atoms with Crippen LogP contribution in [0.5, 0.6) is 0 Å². The maximum absolute atomic E-state index is 12.1. The van der Waals surface area contributed by atoms with Crippen molar-refractivity contribution in [2.24, 2.45) is 0 Å². The van der Waals surface area contributed by atoms with E-state index in [1.54, 1.807) is 18.1 Å². The summed E-state index contributed by atoms with van der Waals surface area (Å²) in [5, 5.41) is 2.87. The van der Waals surface area contributed by atoms with Crippen LogP contribution in [0.2, 0.25) is 0 Å². The average molecular weight is 334 g/mol. The molecule has 0 aliphatic rings. The molecule has 1 aromatic heterocycles.